The zero-order valence-electron chi connectivity index (χ0n) is 10.8. The van der Waals surface area contributed by atoms with Crippen LogP contribution in [0.25, 0.3) is 0 Å². The van der Waals surface area contributed by atoms with Gasteiger partial charge in [-0.05, 0) is 17.7 Å². The highest BCUT2D eigenvalue weighted by Crippen LogP contribution is 2.07. The monoisotopic (exact) mass is 286 g/mol. The van der Waals surface area contributed by atoms with Crippen molar-refractivity contribution in [2.75, 3.05) is 6.61 Å². The number of rotatable bonds is 4. The van der Waals surface area contributed by atoms with Crippen molar-refractivity contribution in [1.29, 1.82) is 0 Å². The quantitative estimate of drug-likeness (QED) is 0.843. The molecule has 0 aliphatic carbocycles. The summed E-state index contributed by atoms with van der Waals surface area (Å²) in [6.45, 7) is 0.518. The largest absolute Gasteiger partial charge is 0.395 e. The number of carbonyl (C=O) groups is 1. The number of hydrogen-bond acceptors (Lipinski definition) is 4. The van der Waals surface area contributed by atoms with E-state index in [0.717, 1.165) is 11.1 Å². The van der Waals surface area contributed by atoms with Gasteiger partial charge < -0.3 is 10.4 Å². The summed E-state index contributed by atoms with van der Waals surface area (Å²) in [6.07, 6.45) is 2.02. The fraction of sp³-hybridized carbons (Fsp3) is 0.200. The summed E-state index contributed by atoms with van der Waals surface area (Å²) >= 11 is 1.31. The Bertz CT molecular complexity index is 627. The van der Waals surface area contributed by atoms with Gasteiger partial charge in [0.1, 0.15) is 4.88 Å². The number of carbonyl (C=O) groups excluding carboxylic acids is 1. The SMILES string of the molecule is O=C(NCc1cccc(C#CCCO)c1)c1cncs1. The lowest BCUT2D eigenvalue weighted by Gasteiger charge is -2.04. The molecule has 0 radical (unpaired) electrons. The first-order valence-electron chi connectivity index (χ1n) is 6.15. The molecule has 1 amide bonds. The molecule has 0 atom stereocenters. The second-order valence-electron chi connectivity index (χ2n) is 4.02. The second kappa shape index (κ2) is 7.43. The third-order valence-electron chi connectivity index (χ3n) is 2.51. The van der Waals surface area contributed by atoms with Crippen molar-refractivity contribution < 1.29 is 9.90 Å². The third kappa shape index (κ3) is 4.19. The predicted octanol–water partition coefficient (Wildman–Crippen LogP) is 1.81. The first-order valence-corrected chi connectivity index (χ1v) is 7.03. The first-order chi connectivity index (χ1) is 9.79. The van der Waals surface area contributed by atoms with Crippen LogP contribution in [0.5, 0.6) is 0 Å². The van der Waals surface area contributed by atoms with E-state index in [1.165, 1.54) is 11.3 Å². The Hall–Kier alpha value is -2.16. The minimum Gasteiger partial charge on any atom is -0.395 e. The molecule has 0 unspecified atom stereocenters. The van der Waals surface area contributed by atoms with Crippen molar-refractivity contribution in [2.24, 2.45) is 0 Å². The molecule has 5 heteroatoms. The molecule has 1 aromatic carbocycles. The zero-order valence-corrected chi connectivity index (χ0v) is 11.6. The van der Waals surface area contributed by atoms with Gasteiger partial charge in [0.15, 0.2) is 0 Å². The molecule has 0 fully saturated rings. The van der Waals surface area contributed by atoms with Gasteiger partial charge in [-0.25, -0.2) is 0 Å². The Balaban J connectivity index is 1.95. The van der Waals surface area contributed by atoms with E-state index in [0.29, 0.717) is 17.8 Å². The van der Waals surface area contributed by atoms with Crippen LogP contribution in [-0.2, 0) is 6.54 Å². The molecule has 4 nitrogen and oxygen atoms in total. The second-order valence-corrected chi connectivity index (χ2v) is 4.91. The number of thiazole rings is 1. The number of amides is 1. The van der Waals surface area contributed by atoms with Gasteiger partial charge in [-0.15, -0.1) is 11.3 Å². The van der Waals surface area contributed by atoms with Crippen LogP contribution in [0.2, 0.25) is 0 Å². The Kier molecular flexibility index (Phi) is 5.30. The van der Waals surface area contributed by atoms with Gasteiger partial charge in [-0.2, -0.15) is 0 Å². The minimum absolute atomic E-state index is 0.0671. The van der Waals surface area contributed by atoms with Crippen molar-refractivity contribution in [2.45, 2.75) is 13.0 Å². The number of aliphatic hydroxyl groups excluding tert-OH is 1. The summed E-state index contributed by atoms with van der Waals surface area (Å²) in [5.74, 6) is 5.72. The van der Waals surface area contributed by atoms with Crippen molar-refractivity contribution in [3.05, 3.63) is 52.0 Å². The van der Waals surface area contributed by atoms with Crippen molar-refractivity contribution >= 4 is 17.2 Å². The van der Waals surface area contributed by atoms with Crippen molar-refractivity contribution in [3.63, 3.8) is 0 Å². The fourth-order valence-corrected chi connectivity index (χ4v) is 2.11. The van der Waals surface area contributed by atoms with E-state index in [4.69, 9.17) is 5.11 Å². The van der Waals surface area contributed by atoms with Crippen LogP contribution in [0.3, 0.4) is 0 Å². The van der Waals surface area contributed by atoms with E-state index in [1.54, 1.807) is 11.7 Å². The summed E-state index contributed by atoms with van der Waals surface area (Å²) < 4.78 is 0. The van der Waals surface area contributed by atoms with Crippen LogP contribution in [0.15, 0.2) is 36.0 Å². The topological polar surface area (TPSA) is 62.2 Å². The summed E-state index contributed by atoms with van der Waals surface area (Å²) in [6, 6.07) is 7.66. The molecule has 0 bridgehead atoms. The Labute approximate surface area is 121 Å². The molecular formula is C15H14N2O2S. The van der Waals surface area contributed by atoms with Gasteiger partial charge in [0.25, 0.3) is 5.91 Å². The molecule has 2 rings (SSSR count). The number of nitrogens with one attached hydrogen (secondary N) is 1. The third-order valence-corrected chi connectivity index (χ3v) is 3.28. The van der Waals surface area contributed by atoms with Crippen molar-refractivity contribution in [1.82, 2.24) is 10.3 Å². The van der Waals surface area contributed by atoms with Gasteiger partial charge in [0, 0.05) is 18.5 Å². The molecular weight excluding hydrogens is 272 g/mol. The van der Waals surface area contributed by atoms with Gasteiger partial charge in [0.2, 0.25) is 0 Å². The maximum absolute atomic E-state index is 11.8. The van der Waals surface area contributed by atoms with E-state index in [2.05, 4.69) is 22.1 Å². The van der Waals surface area contributed by atoms with Crippen LogP contribution < -0.4 is 5.32 Å². The van der Waals surface area contributed by atoms with E-state index in [-0.39, 0.29) is 12.5 Å². The van der Waals surface area contributed by atoms with E-state index in [9.17, 15) is 4.79 Å². The minimum atomic E-state index is -0.121. The molecule has 1 heterocycles. The average molecular weight is 286 g/mol. The average Bonchev–Trinajstić information content (AvgIpc) is 3.00. The van der Waals surface area contributed by atoms with Gasteiger partial charge >= 0.3 is 0 Å². The predicted molar refractivity (Wildman–Crippen MR) is 78.3 cm³/mol. The Morgan fingerprint density at radius 3 is 3.10 bits per heavy atom. The van der Waals surface area contributed by atoms with E-state index >= 15 is 0 Å². The normalized spacial score (nSPS) is 9.65. The maximum Gasteiger partial charge on any atom is 0.263 e. The molecule has 0 aliphatic heterocycles. The van der Waals surface area contributed by atoms with E-state index in [1.807, 2.05) is 24.3 Å². The molecule has 0 saturated carbocycles. The first kappa shape index (κ1) is 14.3. The lowest BCUT2D eigenvalue weighted by atomic mass is 10.1. The number of aliphatic hydroxyl groups is 1. The van der Waals surface area contributed by atoms with Gasteiger partial charge in [-0.3, -0.25) is 9.78 Å². The maximum atomic E-state index is 11.8. The number of nitrogens with zero attached hydrogens (tertiary/aromatic N) is 1. The summed E-state index contributed by atoms with van der Waals surface area (Å²) in [5.41, 5.74) is 3.49. The zero-order chi connectivity index (χ0) is 14.2. The smallest absolute Gasteiger partial charge is 0.263 e. The van der Waals surface area contributed by atoms with Gasteiger partial charge in [0.05, 0.1) is 18.3 Å². The summed E-state index contributed by atoms with van der Waals surface area (Å²) in [4.78, 5) is 16.3. The summed E-state index contributed by atoms with van der Waals surface area (Å²) in [5, 5.41) is 11.5. The van der Waals surface area contributed by atoms with E-state index < -0.39 is 0 Å². The molecule has 0 spiro atoms. The van der Waals surface area contributed by atoms with Crippen molar-refractivity contribution in [3.8, 4) is 11.8 Å². The molecule has 20 heavy (non-hydrogen) atoms. The molecule has 102 valence electrons. The molecule has 0 saturated heterocycles. The number of hydrogen-bond donors (Lipinski definition) is 2. The number of aromatic nitrogens is 1. The molecule has 0 aliphatic rings. The summed E-state index contributed by atoms with van der Waals surface area (Å²) in [7, 11) is 0. The molecule has 2 N–H and O–H groups in total. The molecule has 1 aromatic heterocycles. The highest BCUT2D eigenvalue weighted by Gasteiger charge is 2.06. The van der Waals surface area contributed by atoms with Crippen LogP contribution >= 0.6 is 11.3 Å². The highest BCUT2D eigenvalue weighted by atomic mass is 32.1. The standard InChI is InChI=1S/C15H14N2O2S/c18-7-2-1-4-12-5-3-6-13(8-12)9-17-15(19)14-10-16-11-20-14/h3,5-6,8,10-11,18H,2,7,9H2,(H,17,19). The molecule has 2 aromatic rings. The van der Waals surface area contributed by atoms with Crippen LogP contribution in [-0.4, -0.2) is 22.6 Å². The fourth-order valence-electron chi connectivity index (χ4n) is 1.58. The Morgan fingerprint density at radius 2 is 2.35 bits per heavy atom. The van der Waals surface area contributed by atoms with Crippen LogP contribution in [0.4, 0.5) is 0 Å². The van der Waals surface area contributed by atoms with Crippen LogP contribution in [0, 0.1) is 11.8 Å². The van der Waals surface area contributed by atoms with Gasteiger partial charge in [-0.1, -0.05) is 24.0 Å². The van der Waals surface area contributed by atoms with Crippen LogP contribution in [0.1, 0.15) is 27.2 Å². The lowest BCUT2D eigenvalue weighted by molar-refractivity contribution is 0.0954. The Morgan fingerprint density at radius 1 is 1.45 bits per heavy atom. The highest BCUT2D eigenvalue weighted by molar-refractivity contribution is 7.11. The lowest BCUT2D eigenvalue weighted by Crippen LogP contribution is -2.21. The number of benzene rings is 1.